The number of aromatic amines is 1. The molecule has 4 heteroatoms. The van der Waals surface area contributed by atoms with Gasteiger partial charge in [-0.15, -0.1) is 0 Å². The second kappa shape index (κ2) is 5.21. The van der Waals surface area contributed by atoms with Crippen molar-refractivity contribution >= 4 is 56.0 Å². The Morgan fingerprint density at radius 2 is 1.89 bits per heavy atom. The number of carbonyl (C=O) groups is 1. The van der Waals surface area contributed by atoms with Crippen molar-refractivity contribution in [2.24, 2.45) is 0 Å². The van der Waals surface area contributed by atoms with E-state index in [9.17, 15) is 4.79 Å². The number of halogens is 1. The Morgan fingerprint density at radius 3 is 2.74 bits per heavy atom. The van der Waals surface area contributed by atoms with Crippen LogP contribution in [0.25, 0.3) is 21.8 Å². The van der Waals surface area contributed by atoms with Gasteiger partial charge in [0.2, 0.25) is 5.91 Å². The predicted octanol–water partition coefficient (Wildman–Crippen LogP) is 4.08. The van der Waals surface area contributed by atoms with Crippen molar-refractivity contribution in [1.29, 1.82) is 0 Å². The Bertz CT molecular complexity index is 748. The zero-order valence-electron chi connectivity index (χ0n) is 10.2. The number of para-hydroxylation sites is 2. The summed E-state index contributed by atoms with van der Waals surface area (Å²) >= 11 is 2.21. The van der Waals surface area contributed by atoms with E-state index in [2.05, 4.69) is 45.0 Å². The molecule has 1 heterocycles. The average molecular weight is 364 g/mol. The van der Waals surface area contributed by atoms with Crippen molar-refractivity contribution in [2.75, 3.05) is 9.74 Å². The van der Waals surface area contributed by atoms with Gasteiger partial charge in [0.05, 0.1) is 11.2 Å². The highest BCUT2D eigenvalue weighted by Gasteiger charge is 2.09. The van der Waals surface area contributed by atoms with Gasteiger partial charge in [0.1, 0.15) is 0 Å². The first-order chi connectivity index (χ1) is 9.29. The number of fused-ring (bicyclic) bond motifs is 3. The van der Waals surface area contributed by atoms with Crippen LogP contribution in [0, 0.1) is 0 Å². The Kier molecular flexibility index (Phi) is 3.42. The van der Waals surface area contributed by atoms with Gasteiger partial charge in [0.25, 0.3) is 0 Å². The molecule has 3 aromatic rings. The molecule has 0 bridgehead atoms. The number of benzene rings is 2. The van der Waals surface area contributed by atoms with E-state index in [0.717, 1.165) is 26.5 Å². The standard InChI is InChI=1S/C15H13IN2O/c16-9-8-14(19)17-13-7-3-5-11-10-4-1-2-6-12(10)18-15(11)13/h1-7,18H,8-9H2,(H,17,19). The summed E-state index contributed by atoms with van der Waals surface area (Å²) in [6.45, 7) is 0. The SMILES string of the molecule is O=C(CCI)Nc1cccc2c1[nH]c1ccccc12. The largest absolute Gasteiger partial charge is 0.353 e. The van der Waals surface area contributed by atoms with Crippen LogP contribution in [-0.4, -0.2) is 15.3 Å². The van der Waals surface area contributed by atoms with Gasteiger partial charge in [-0.25, -0.2) is 0 Å². The molecule has 0 saturated carbocycles. The second-order valence-corrected chi connectivity index (χ2v) is 5.46. The van der Waals surface area contributed by atoms with Gasteiger partial charge in [-0.05, 0) is 12.1 Å². The van der Waals surface area contributed by atoms with Crippen LogP contribution in [0.15, 0.2) is 42.5 Å². The lowest BCUT2D eigenvalue weighted by Crippen LogP contribution is -2.11. The summed E-state index contributed by atoms with van der Waals surface area (Å²) in [5.41, 5.74) is 2.93. The van der Waals surface area contributed by atoms with Crippen LogP contribution >= 0.6 is 22.6 Å². The van der Waals surface area contributed by atoms with Gasteiger partial charge >= 0.3 is 0 Å². The summed E-state index contributed by atoms with van der Waals surface area (Å²) in [7, 11) is 0. The molecule has 0 saturated heterocycles. The summed E-state index contributed by atoms with van der Waals surface area (Å²) in [4.78, 5) is 15.1. The Hall–Kier alpha value is -1.56. The highest BCUT2D eigenvalue weighted by atomic mass is 127. The fourth-order valence-electron chi connectivity index (χ4n) is 2.28. The first-order valence-electron chi connectivity index (χ1n) is 6.15. The van der Waals surface area contributed by atoms with Gasteiger partial charge in [-0.1, -0.05) is 52.9 Å². The molecule has 0 aliphatic rings. The van der Waals surface area contributed by atoms with E-state index in [1.165, 1.54) is 5.39 Å². The molecule has 96 valence electrons. The molecule has 0 radical (unpaired) electrons. The van der Waals surface area contributed by atoms with E-state index in [0.29, 0.717) is 6.42 Å². The summed E-state index contributed by atoms with van der Waals surface area (Å²) in [6.07, 6.45) is 0.539. The lowest BCUT2D eigenvalue weighted by atomic mass is 10.1. The normalized spacial score (nSPS) is 11.0. The van der Waals surface area contributed by atoms with Gasteiger partial charge in [-0.3, -0.25) is 4.79 Å². The number of anilines is 1. The van der Waals surface area contributed by atoms with E-state index in [1.807, 2.05) is 30.3 Å². The molecule has 3 nitrogen and oxygen atoms in total. The van der Waals surface area contributed by atoms with Gasteiger partial charge in [0.15, 0.2) is 0 Å². The zero-order chi connectivity index (χ0) is 13.2. The van der Waals surface area contributed by atoms with Crippen LogP contribution in [0.2, 0.25) is 0 Å². The molecule has 0 atom stereocenters. The Balaban J connectivity index is 2.12. The fourth-order valence-corrected chi connectivity index (χ4v) is 2.77. The highest BCUT2D eigenvalue weighted by Crippen LogP contribution is 2.30. The number of carbonyl (C=O) groups excluding carboxylic acids is 1. The molecule has 19 heavy (non-hydrogen) atoms. The van der Waals surface area contributed by atoms with Gasteiger partial charge < -0.3 is 10.3 Å². The summed E-state index contributed by atoms with van der Waals surface area (Å²) in [6, 6.07) is 14.1. The number of rotatable bonds is 3. The highest BCUT2D eigenvalue weighted by molar-refractivity contribution is 14.1. The summed E-state index contributed by atoms with van der Waals surface area (Å²) in [5, 5.41) is 5.30. The molecule has 0 spiro atoms. The monoisotopic (exact) mass is 364 g/mol. The first-order valence-corrected chi connectivity index (χ1v) is 7.67. The number of amides is 1. The van der Waals surface area contributed by atoms with Gasteiger partial charge in [-0.2, -0.15) is 0 Å². The van der Waals surface area contributed by atoms with Gasteiger partial charge in [0, 0.05) is 27.1 Å². The van der Waals surface area contributed by atoms with Crippen molar-refractivity contribution in [1.82, 2.24) is 4.98 Å². The molecule has 0 unspecified atom stereocenters. The maximum absolute atomic E-state index is 11.7. The fraction of sp³-hybridized carbons (Fsp3) is 0.133. The second-order valence-electron chi connectivity index (χ2n) is 4.39. The number of alkyl halides is 1. The summed E-state index contributed by atoms with van der Waals surface area (Å²) < 4.78 is 0.826. The topological polar surface area (TPSA) is 44.9 Å². The molecule has 2 aromatic carbocycles. The molecular weight excluding hydrogens is 351 g/mol. The van der Waals surface area contributed by atoms with Crippen LogP contribution in [0.5, 0.6) is 0 Å². The molecule has 1 aromatic heterocycles. The molecular formula is C15H13IN2O. The van der Waals surface area contributed by atoms with Crippen LogP contribution in [0.1, 0.15) is 6.42 Å². The molecule has 2 N–H and O–H groups in total. The number of nitrogens with one attached hydrogen (secondary N) is 2. The van der Waals surface area contributed by atoms with Crippen molar-refractivity contribution < 1.29 is 4.79 Å². The minimum absolute atomic E-state index is 0.0561. The summed E-state index contributed by atoms with van der Waals surface area (Å²) in [5.74, 6) is 0.0561. The lowest BCUT2D eigenvalue weighted by Gasteiger charge is -2.05. The van der Waals surface area contributed by atoms with Crippen LogP contribution in [-0.2, 0) is 4.79 Å². The maximum Gasteiger partial charge on any atom is 0.225 e. The molecule has 0 aliphatic heterocycles. The third-order valence-electron chi connectivity index (χ3n) is 3.14. The molecule has 0 aliphatic carbocycles. The third kappa shape index (κ3) is 2.32. The maximum atomic E-state index is 11.7. The Labute approximate surface area is 124 Å². The van der Waals surface area contributed by atoms with Crippen molar-refractivity contribution in [3.63, 3.8) is 0 Å². The average Bonchev–Trinajstić information content (AvgIpc) is 2.79. The van der Waals surface area contributed by atoms with E-state index < -0.39 is 0 Å². The predicted molar refractivity (Wildman–Crippen MR) is 87.9 cm³/mol. The van der Waals surface area contributed by atoms with Crippen molar-refractivity contribution in [3.8, 4) is 0 Å². The zero-order valence-corrected chi connectivity index (χ0v) is 12.4. The van der Waals surface area contributed by atoms with E-state index in [4.69, 9.17) is 0 Å². The number of H-pyrrole nitrogens is 1. The number of aromatic nitrogens is 1. The van der Waals surface area contributed by atoms with Crippen LogP contribution < -0.4 is 5.32 Å². The number of hydrogen-bond acceptors (Lipinski definition) is 1. The quantitative estimate of drug-likeness (QED) is 0.534. The molecule has 0 fully saturated rings. The first kappa shape index (κ1) is 12.5. The molecule has 1 amide bonds. The minimum atomic E-state index is 0.0561. The lowest BCUT2D eigenvalue weighted by molar-refractivity contribution is -0.115. The van der Waals surface area contributed by atoms with Crippen molar-refractivity contribution in [3.05, 3.63) is 42.5 Å². The Morgan fingerprint density at radius 1 is 1.11 bits per heavy atom. The number of hydrogen-bond donors (Lipinski definition) is 2. The van der Waals surface area contributed by atoms with E-state index in [-0.39, 0.29) is 5.91 Å². The van der Waals surface area contributed by atoms with Crippen LogP contribution in [0.4, 0.5) is 5.69 Å². The smallest absolute Gasteiger partial charge is 0.225 e. The minimum Gasteiger partial charge on any atom is -0.353 e. The van der Waals surface area contributed by atoms with Crippen molar-refractivity contribution in [2.45, 2.75) is 6.42 Å². The van der Waals surface area contributed by atoms with E-state index in [1.54, 1.807) is 0 Å². The van der Waals surface area contributed by atoms with Crippen LogP contribution in [0.3, 0.4) is 0 Å². The third-order valence-corrected chi connectivity index (χ3v) is 3.68. The van der Waals surface area contributed by atoms with E-state index >= 15 is 0 Å². The molecule has 3 rings (SSSR count).